The number of hydrogen-bond acceptors (Lipinski definition) is 2. The van der Waals surface area contributed by atoms with Gasteiger partial charge in [-0.1, -0.05) is 26.7 Å². The van der Waals surface area contributed by atoms with Gasteiger partial charge in [-0.3, -0.25) is 4.79 Å². The smallest absolute Gasteiger partial charge is 0.310 e. The van der Waals surface area contributed by atoms with E-state index in [1.165, 1.54) is 19.3 Å². The molecule has 1 atom stereocenters. The number of carboxylic acids is 1. The Labute approximate surface area is 92.5 Å². The van der Waals surface area contributed by atoms with Crippen LogP contribution in [0.1, 0.15) is 46.0 Å². The highest BCUT2D eigenvalue weighted by molar-refractivity contribution is 5.75. The molecule has 0 spiro atoms. The highest BCUT2D eigenvalue weighted by Gasteiger charge is 2.42. The monoisotopic (exact) mass is 213 g/mol. The second kappa shape index (κ2) is 5.50. The second-order valence-corrected chi connectivity index (χ2v) is 4.67. The van der Waals surface area contributed by atoms with Crippen LogP contribution in [0.4, 0.5) is 0 Å². The first-order valence-electron chi connectivity index (χ1n) is 6.10. The van der Waals surface area contributed by atoms with Crippen LogP contribution in [-0.2, 0) is 4.79 Å². The SMILES string of the molecule is CCCCCN1CCC(CC)(C(=O)O)C1. The molecule has 1 aliphatic rings. The average molecular weight is 213 g/mol. The fraction of sp³-hybridized carbons (Fsp3) is 0.917. The van der Waals surface area contributed by atoms with E-state index in [0.717, 1.165) is 32.5 Å². The summed E-state index contributed by atoms with van der Waals surface area (Å²) < 4.78 is 0. The number of aliphatic carboxylic acids is 1. The number of nitrogens with zero attached hydrogens (tertiary/aromatic N) is 1. The zero-order chi connectivity index (χ0) is 11.3. The molecule has 88 valence electrons. The topological polar surface area (TPSA) is 40.5 Å². The Morgan fingerprint density at radius 2 is 2.13 bits per heavy atom. The van der Waals surface area contributed by atoms with Gasteiger partial charge in [-0.25, -0.2) is 0 Å². The Balaban J connectivity index is 2.39. The first kappa shape index (κ1) is 12.5. The summed E-state index contributed by atoms with van der Waals surface area (Å²) >= 11 is 0. The molecule has 0 aromatic heterocycles. The van der Waals surface area contributed by atoms with Crippen molar-refractivity contribution >= 4 is 5.97 Å². The molecule has 1 saturated heterocycles. The Hall–Kier alpha value is -0.570. The number of carboxylic acid groups (broad SMARTS) is 1. The van der Waals surface area contributed by atoms with Crippen molar-refractivity contribution < 1.29 is 9.90 Å². The largest absolute Gasteiger partial charge is 0.481 e. The molecular weight excluding hydrogens is 190 g/mol. The normalized spacial score (nSPS) is 27.1. The molecule has 1 unspecified atom stereocenters. The van der Waals surface area contributed by atoms with Crippen LogP contribution in [0.25, 0.3) is 0 Å². The molecule has 0 aromatic rings. The van der Waals surface area contributed by atoms with E-state index in [-0.39, 0.29) is 0 Å². The van der Waals surface area contributed by atoms with E-state index in [1.54, 1.807) is 0 Å². The average Bonchev–Trinajstić information content (AvgIpc) is 2.63. The number of likely N-dealkylation sites (tertiary alicyclic amines) is 1. The highest BCUT2D eigenvalue weighted by atomic mass is 16.4. The molecule has 0 amide bonds. The summed E-state index contributed by atoms with van der Waals surface area (Å²) in [7, 11) is 0. The van der Waals surface area contributed by atoms with Gasteiger partial charge in [-0.05, 0) is 32.4 Å². The first-order valence-corrected chi connectivity index (χ1v) is 6.10. The third kappa shape index (κ3) is 2.94. The maximum atomic E-state index is 11.2. The zero-order valence-electron chi connectivity index (χ0n) is 9.96. The zero-order valence-corrected chi connectivity index (χ0v) is 9.96. The third-order valence-electron chi connectivity index (χ3n) is 3.64. The molecular formula is C12H23NO2. The summed E-state index contributed by atoms with van der Waals surface area (Å²) in [5.74, 6) is -0.608. The number of carbonyl (C=O) groups is 1. The second-order valence-electron chi connectivity index (χ2n) is 4.67. The molecule has 1 fully saturated rings. The summed E-state index contributed by atoms with van der Waals surface area (Å²) in [4.78, 5) is 13.5. The van der Waals surface area contributed by atoms with Gasteiger partial charge in [0.2, 0.25) is 0 Å². The quantitative estimate of drug-likeness (QED) is 0.689. The summed E-state index contributed by atoms with van der Waals surface area (Å²) in [5.41, 5.74) is -0.452. The number of unbranched alkanes of at least 4 members (excludes halogenated alkanes) is 2. The van der Waals surface area contributed by atoms with E-state index >= 15 is 0 Å². The van der Waals surface area contributed by atoms with Gasteiger partial charge in [0.1, 0.15) is 0 Å². The van der Waals surface area contributed by atoms with Crippen LogP contribution < -0.4 is 0 Å². The summed E-state index contributed by atoms with van der Waals surface area (Å²) in [6.07, 6.45) is 5.27. The summed E-state index contributed by atoms with van der Waals surface area (Å²) in [6, 6.07) is 0. The van der Waals surface area contributed by atoms with Crippen LogP contribution in [-0.4, -0.2) is 35.6 Å². The molecule has 0 radical (unpaired) electrons. The lowest BCUT2D eigenvalue weighted by Gasteiger charge is -2.23. The predicted molar refractivity (Wildman–Crippen MR) is 60.9 cm³/mol. The van der Waals surface area contributed by atoms with Gasteiger partial charge in [-0.2, -0.15) is 0 Å². The number of hydrogen-bond donors (Lipinski definition) is 1. The first-order chi connectivity index (χ1) is 7.14. The van der Waals surface area contributed by atoms with Crippen molar-refractivity contribution in [2.24, 2.45) is 5.41 Å². The van der Waals surface area contributed by atoms with Gasteiger partial charge >= 0.3 is 5.97 Å². The fourth-order valence-corrected chi connectivity index (χ4v) is 2.35. The highest BCUT2D eigenvalue weighted by Crippen LogP contribution is 2.34. The standard InChI is InChI=1S/C12H23NO2/c1-3-5-6-8-13-9-7-12(4-2,10-13)11(14)15/h3-10H2,1-2H3,(H,14,15). The van der Waals surface area contributed by atoms with Crippen LogP contribution >= 0.6 is 0 Å². The lowest BCUT2D eigenvalue weighted by Crippen LogP contribution is -2.34. The molecule has 1 rings (SSSR count). The molecule has 1 N–H and O–H groups in total. The molecule has 0 bridgehead atoms. The Morgan fingerprint density at radius 1 is 1.40 bits per heavy atom. The van der Waals surface area contributed by atoms with Gasteiger partial charge < -0.3 is 10.0 Å². The van der Waals surface area contributed by atoms with E-state index in [4.69, 9.17) is 0 Å². The van der Waals surface area contributed by atoms with Crippen molar-refractivity contribution in [1.82, 2.24) is 4.90 Å². The maximum Gasteiger partial charge on any atom is 0.310 e. The van der Waals surface area contributed by atoms with E-state index in [0.29, 0.717) is 0 Å². The minimum absolute atomic E-state index is 0.452. The van der Waals surface area contributed by atoms with Crippen molar-refractivity contribution in [3.8, 4) is 0 Å². The Morgan fingerprint density at radius 3 is 2.60 bits per heavy atom. The molecule has 3 nitrogen and oxygen atoms in total. The van der Waals surface area contributed by atoms with Crippen LogP contribution in [0.15, 0.2) is 0 Å². The van der Waals surface area contributed by atoms with Gasteiger partial charge in [0, 0.05) is 6.54 Å². The fourth-order valence-electron chi connectivity index (χ4n) is 2.35. The van der Waals surface area contributed by atoms with E-state index in [2.05, 4.69) is 11.8 Å². The molecule has 1 heterocycles. The summed E-state index contributed by atoms with van der Waals surface area (Å²) in [5, 5.41) is 9.23. The van der Waals surface area contributed by atoms with Crippen LogP contribution in [0, 0.1) is 5.41 Å². The van der Waals surface area contributed by atoms with Crippen LogP contribution in [0.2, 0.25) is 0 Å². The minimum atomic E-state index is -0.608. The van der Waals surface area contributed by atoms with E-state index in [9.17, 15) is 9.90 Å². The summed E-state index contributed by atoms with van der Waals surface area (Å²) in [6.45, 7) is 6.97. The molecule has 15 heavy (non-hydrogen) atoms. The molecule has 0 saturated carbocycles. The van der Waals surface area contributed by atoms with Crippen LogP contribution in [0.5, 0.6) is 0 Å². The third-order valence-corrected chi connectivity index (χ3v) is 3.64. The van der Waals surface area contributed by atoms with Crippen molar-refractivity contribution in [2.75, 3.05) is 19.6 Å². The maximum absolute atomic E-state index is 11.2. The van der Waals surface area contributed by atoms with Crippen molar-refractivity contribution in [3.63, 3.8) is 0 Å². The van der Waals surface area contributed by atoms with Crippen molar-refractivity contribution in [3.05, 3.63) is 0 Å². The lowest BCUT2D eigenvalue weighted by molar-refractivity contribution is -0.148. The Bertz CT molecular complexity index is 218. The Kier molecular flexibility index (Phi) is 4.58. The molecule has 1 aliphatic heterocycles. The van der Waals surface area contributed by atoms with Gasteiger partial charge in [-0.15, -0.1) is 0 Å². The van der Waals surface area contributed by atoms with E-state index in [1.807, 2.05) is 6.92 Å². The van der Waals surface area contributed by atoms with Crippen molar-refractivity contribution in [2.45, 2.75) is 46.0 Å². The van der Waals surface area contributed by atoms with Crippen molar-refractivity contribution in [1.29, 1.82) is 0 Å². The predicted octanol–water partition coefficient (Wildman–Crippen LogP) is 2.36. The lowest BCUT2D eigenvalue weighted by atomic mass is 9.84. The van der Waals surface area contributed by atoms with Gasteiger partial charge in [0.25, 0.3) is 0 Å². The van der Waals surface area contributed by atoms with Gasteiger partial charge in [0.05, 0.1) is 5.41 Å². The van der Waals surface area contributed by atoms with Gasteiger partial charge in [0.15, 0.2) is 0 Å². The van der Waals surface area contributed by atoms with Crippen LogP contribution in [0.3, 0.4) is 0 Å². The van der Waals surface area contributed by atoms with E-state index < -0.39 is 11.4 Å². The number of rotatable bonds is 6. The molecule has 3 heteroatoms. The minimum Gasteiger partial charge on any atom is -0.481 e. The molecule has 0 aliphatic carbocycles. The molecule has 0 aromatic carbocycles.